The molecule has 1 heterocycles. The molecule has 1 aromatic heterocycles. The summed E-state index contributed by atoms with van der Waals surface area (Å²) in [6, 6.07) is 2.08. The molecule has 11 heteroatoms. The Hall–Kier alpha value is -2.58. The zero-order valence-corrected chi connectivity index (χ0v) is 10.9. The van der Waals surface area contributed by atoms with E-state index in [0.29, 0.717) is 0 Å². The van der Waals surface area contributed by atoms with Crippen LogP contribution >= 0.6 is 8.18 Å². The SMILES string of the molecule is C.CN(c1cc([N+](=O)[O-])cc2[nH]c(=O)c(=O)[nH]c12)[P+](=O)O. The summed E-state index contributed by atoms with van der Waals surface area (Å²) < 4.78 is 12.0. The molecule has 0 saturated carbocycles. The lowest BCUT2D eigenvalue weighted by atomic mass is 10.2. The van der Waals surface area contributed by atoms with Crippen LogP contribution in [0, 0.1) is 10.1 Å². The minimum atomic E-state index is -2.81. The molecule has 0 spiro atoms. The molecule has 0 aliphatic rings. The third-order valence-electron chi connectivity index (χ3n) is 2.61. The minimum Gasteiger partial charge on any atom is -0.316 e. The van der Waals surface area contributed by atoms with Gasteiger partial charge >= 0.3 is 19.3 Å². The number of H-pyrrole nitrogens is 2. The monoisotopic (exact) mass is 315 g/mol. The van der Waals surface area contributed by atoms with Crippen molar-refractivity contribution in [3.05, 3.63) is 43.0 Å². The van der Waals surface area contributed by atoms with Gasteiger partial charge in [-0.3, -0.25) is 19.7 Å². The van der Waals surface area contributed by atoms with Crippen LogP contribution in [0.2, 0.25) is 0 Å². The van der Waals surface area contributed by atoms with Crippen LogP contribution in [0.1, 0.15) is 7.43 Å². The number of aromatic nitrogens is 2. The van der Waals surface area contributed by atoms with Crippen LogP contribution in [0.3, 0.4) is 0 Å². The molecule has 112 valence electrons. The van der Waals surface area contributed by atoms with E-state index in [2.05, 4.69) is 9.97 Å². The smallest absolute Gasteiger partial charge is 0.316 e. The highest BCUT2D eigenvalue weighted by molar-refractivity contribution is 7.40. The molecule has 1 aromatic carbocycles. The minimum absolute atomic E-state index is 0. The quantitative estimate of drug-likeness (QED) is 0.329. The largest absolute Gasteiger partial charge is 0.642 e. The second-order valence-corrected chi connectivity index (χ2v) is 4.93. The molecule has 0 radical (unpaired) electrons. The average Bonchev–Trinajstić information content (AvgIpc) is 2.38. The van der Waals surface area contributed by atoms with Crippen LogP contribution < -0.4 is 15.8 Å². The Morgan fingerprint density at radius 2 is 1.86 bits per heavy atom. The maximum atomic E-state index is 11.3. The standard InChI is InChI=1S/C9H7N4O6P.CH4/c1-12(20(18)19)6-3-4(13(16)17)2-5-7(6)11-9(15)8(14)10-5;/h2-3H,1H3,(H2-,10,11,14,15,18,19);1H4/p+1. The molecule has 2 aromatic rings. The summed E-state index contributed by atoms with van der Waals surface area (Å²) in [7, 11) is -1.59. The van der Waals surface area contributed by atoms with E-state index < -0.39 is 24.2 Å². The number of hydrogen-bond donors (Lipinski definition) is 3. The maximum Gasteiger partial charge on any atom is 0.642 e. The summed E-state index contributed by atoms with van der Waals surface area (Å²) in [6.45, 7) is 0. The van der Waals surface area contributed by atoms with E-state index in [1.54, 1.807) is 0 Å². The molecular formula is C10H12N4O6P+. The second kappa shape index (κ2) is 5.81. The van der Waals surface area contributed by atoms with Gasteiger partial charge in [0.2, 0.25) is 0 Å². The molecule has 1 atom stereocenters. The first-order valence-electron chi connectivity index (χ1n) is 5.16. The number of aromatic amines is 2. The number of hydrogen-bond acceptors (Lipinski definition) is 5. The average molecular weight is 315 g/mol. The Kier molecular flexibility index (Phi) is 4.56. The molecule has 0 bridgehead atoms. The Bertz CT molecular complexity index is 842. The van der Waals surface area contributed by atoms with E-state index in [4.69, 9.17) is 4.89 Å². The molecule has 0 amide bonds. The van der Waals surface area contributed by atoms with Crippen molar-refractivity contribution in [2.75, 3.05) is 11.7 Å². The molecule has 2 rings (SSSR count). The number of non-ortho nitro benzene ring substituents is 1. The number of nitro groups is 1. The molecule has 21 heavy (non-hydrogen) atoms. The maximum absolute atomic E-state index is 11.3. The lowest BCUT2D eigenvalue weighted by Crippen LogP contribution is -2.29. The van der Waals surface area contributed by atoms with Crippen molar-refractivity contribution in [2.24, 2.45) is 0 Å². The predicted octanol–water partition coefficient (Wildman–Crippen LogP) is 0.847. The number of benzene rings is 1. The Labute approximate surface area is 118 Å². The van der Waals surface area contributed by atoms with Gasteiger partial charge in [-0.15, -0.1) is 9.56 Å². The number of anilines is 1. The lowest BCUT2D eigenvalue weighted by molar-refractivity contribution is -0.384. The fourth-order valence-corrected chi connectivity index (χ4v) is 1.99. The van der Waals surface area contributed by atoms with Gasteiger partial charge in [-0.1, -0.05) is 7.43 Å². The highest BCUT2D eigenvalue weighted by Crippen LogP contribution is 2.34. The topological polar surface area (TPSA) is 149 Å². The molecule has 0 aliphatic heterocycles. The van der Waals surface area contributed by atoms with E-state index in [1.165, 1.54) is 7.05 Å². The van der Waals surface area contributed by atoms with Crippen LogP contribution in [0.15, 0.2) is 21.7 Å². The Morgan fingerprint density at radius 3 is 2.38 bits per heavy atom. The highest BCUT2D eigenvalue weighted by atomic mass is 31.1. The molecule has 0 fully saturated rings. The van der Waals surface area contributed by atoms with Gasteiger partial charge in [-0.2, -0.15) is 0 Å². The van der Waals surface area contributed by atoms with Crippen LogP contribution in [-0.4, -0.2) is 26.8 Å². The van der Waals surface area contributed by atoms with E-state index in [9.17, 15) is 24.3 Å². The number of fused-ring (bicyclic) bond motifs is 1. The third kappa shape index (κ3) is 2.96. The van der Waals surface area contributed by atoms with Gasteiger partial charge in [0.05, 0.1) is 23.0 Å². The van der Waals surface area contributed by atoms with Gasteiger partial charge in [0.15, 0.2) is 0 Å². The molecule has 10 nitrogen and oxygen atoms in total. The van der Waals surface area contributed by atoms with Crippen molar-refractivity contribution >= 4 is 30.6 Å². The predicted molar refractivity (Wildman–Crippen MR) is 76.8 cm³/mol. The number of rotatable bonds is 3. The first kappa shape index (κ1) is 16.5. The molecule has 3 N–H and O–H groups in total. The van der Waals surface area contributed by atoms with Crippen LogP contribution in [0.25, 0.3) is 11.0 Å². The first-order valence-corrected chi connectivity index (χ1v) is 6.32. The van der Waals surface area contributed by atoms with E-state index in [1.807, 2.05) is 0 Å². The summed E-state index contributed by atoms with van der Waals surface area (Å²) in [5.41, 5.74) is -2.36. The second-order valence-electron chi connectivity index (χ2n) is 3.83. The molecule has 1 unspecified atom stereocenters. The van der Waals surface area contributed by atoms with Crippen molar-refractivity contribution in [2.45, 2.75) is 7.43 Å². The first-order chi connectivity index (χ1) is 9.31. The number of nitro benzene ring substituents is 1. The Balaban J connectivity index is 0.00000220. The van der Waals surface area contributed by atoms with Gasteiger partial charge in [0, 0.05) is 12.1 Å². The molecule has 0 saturated heterocycles. The van der Waals surface area contributed by atoms with E-state index in [0.717, 1.165) is 16.8 Å². The fourth-order valence-electron chi connectivity index (χ4n) is 1.64. The van der Waals surface area contributed by atoms with Crippen molar-refractivity contribution in [1.29, 1.82) is 0 Å². The zero-order valence-electron chi connectivity index (χ0n) is 9.98. The van der Waals surface area contributed by atoms with Crippen molar-refractivity contribution in [3.63, 3.8) is 0 Å². The summed E-state index contributed by atoms with van der Waals surface area (Å²) in [4.78, 5) is 46.2. The van der Waals surface area contributed by atoms with Gasteiger partial charge in [0.25, 0.3) is 5.69 Å². The van der Waals surface area contributed by atoms with Gasteiger partial charge in [0.1, 0.15) is 5.69 Å². The summed E-state index contributed by atoms with van der Waals surface area (Å²) >= 11 is 0. The fraction of sp³-hybridized carbons (Fsp3) is 0.200. The van der Waals surface area contributed by atoms with E-state index >= 15 is 0 Å². The van der Waals surface area contributed by atoms with Crippen molar-refractivity contribution in [1.82, 2.24) is 9.97 Å². The number of nitrogens with zero attached hydrogens (tertiary/aromatic N) is 2. The Morgan fingerprint density at radius 1 is 1.29 bits per heavy atom. The normalized spacial score (nSPS) is 10.9. The van der Waals surface area contributed by atoms with Crippen LogP contribution in [0.5, 0.6) is 0 Å². The van der Waals surface area contributed by atoms with Crippen LogP contribution in [0.4, 0.5) is 11.4 Å². The summed E-state index contributed by atoms with van der Waals surface area (Å²) in [5, 5.41) is 10.8. The van der Waals surface area contributed by atoms with Gasteiger partial charge in [-0.25, -0.2) is 0 Å². The zero-order chi connectivity index (χ0) is 15.0. The van der Waals surface area contributed by atoms with Crippen molar-refractivity contribution in [3.8, 4) is 0 Å². The third-order valence-corrected chi connectivity index (χ3v) is 3.34. The van der Waals surface area contributed by atoms with E-state index in [-0.39, 0.29) is 29.8 Å². The number of nitrogens with one attached hydrogen (secondary N) is 2. The summed E-state index contributed by atoms with van der Waals surface area (Å²) in [6.07, 6.45) is 0. The van der Waals surface area contributed by atoms with Crippen LogP contribution in [-0.2, 0) is 4.57 Å². The van der Waals surface area contributed by atoms with Crippen molar-refractivity contribution < 1.29 is 14.4 Å². The van der Waals surface area contributed by atoms with Gasteiger partial charge in [-0.05, 0) is 4.57 Å². The lowest BCUT2D eigenvalue weighted by Gasteiger charge is -2.08. The molecule has 0 aliphatic carbocycles. The van der Waals surface area contributed by atoms with Gasteiger partial charge < -0.3 is 9.97 Å². The molecular weight excluding hydrogens is 303 g/mol. The highest BCUT2D eigenvalue weighted by Gasteiger charge is 2.26. The summed E-state index contributed by atoms with van der Waals surface area (Å²) in [5.74, 6) is 0.